The fourth-order valence-corrected chi connectivity index (χ4v) is 5.73. The van der Waals surface area contributed by atoms with E-state index in [4.69, 9.17) is 0 Å². The largest absolute Gasteiger partial charge is 0.340 e. The summed E-state index contributed by atoms with van der Waals surface area (Å²) in [7, 11) is -3.62. The molecule has 3 aromatic rings. The summed E-state index contributed by atoms with van der Waals surface area (Å²) in [6.45, 7) is 4.69. The highest BCUT2D eigenvalue weighted by Crippen LogP contribution is 2.22. The van der Waals surface area contributed by atoms with Crippen LogP contribution in [0.3, 0.4) is 0 Å². The van der Waals surface area contributed by atoms with Crippen LogP contribution in [0.15, 0.2) is 65.7 Å². The van der Waals surface area contributed by atoms with E-state index < -0.39 is 10.0 Å². The topological polar surface area (TPSA) is 105 Å². The molecule has 2 aromatic carbocycles. The van der Waals surface area contributed by atoms with Crippen molar-refractivity contribution in [1.29, 1.82) is 0 Å². The van der Waals surface area contributed by atoms with Crippen LogP contribution >= 0.6 is 0 Å². The van der Waals surface area contributed by atoms with Gasteiger partial charge >= 0.3 is 0 Å². The van der Waals surface area contributed by atoms with E-state index in [-0.39, 0.29) is 37.7 Å². The van der Waals surface area contributed by atoms with Gasteiger partial charge in [0.05, 0.1) is 10.6 Å². The molecule has 1 aliphatic heterocycles. The van der Waals surface area contributed by atoms with Gasteiger partial charge in [0.25, 0.3) is 0 Å². The van der Waals surface area contributed by atoms with Crippen LogP contribution in [-0.2, 0) is 19.6 Å². The summed E-state index contributed by atoms with van der Waals surface area (Å²) in [6.07, 6.45) is 1.83. The summed E-state index contributed by atoms with van der Waals surface area (Å²) < 4.78 is 29.2. The summed E-state index contributed by atoms with van der Waals surface area (Å²) in [5, 5.41) is 7.05. The molecule has 1 N–H and O–H groups in total. The average Bonchev–Trinajstić information content (AvgIpc) is 3.33. The monoisotopic (exact) mass is 495 g/mol. The van der Waals surface area contributed by atoms with Crippen LogP contribution in [0, 0.1) is 13.8 Å². The van der Waals surface area contributed by atoms with Crippen molar-refractivity contribution < 1.29 is 18.0 Å². The number of rotatable bonds is 7. The molecule has 35 heavy (non-hydrogen) atoms. The molecule has 0 spiro atoms. The van der Waals surface area contributed by atoms with E-state index in [1.165, 1.54) is 4.31 Å². The number of amides is 2. The Kier molecular flexibility index (Phi) is 7.32. The van der Waals surface area contributed by atoms with Crippen molar-refractivity contribution in [3.05, 3.63) is 71.9 Å². The number of piperazine rings is 1. The first-order chi connectivity index (χ1) is 16.7. The molecule has 0 unspecified atom stereocenters. The summed E-state index contributed by atoms with van der Waals surface area (Å²) in [4.78, 5) is 26.9. The van der Waals surface area contributed by atoms with Crippen LogP contribution in [0.25, 0.3) is 5.69 Å². The number of aryl methyl sites for hydroxylation is 2. The van der Waals surface area contributed by atoms with E-state index in [9.17, 15) is 18.0 Å². The second kappa shape index (κ2) is 10.4. The molecular formula is C25H29N5O4S. The number of aromatic nitrogens is 2. The molecule has 0 atom stereocenters. The highest BCUT2D eigenvalue weighted by Gasteiger charge is 2.31. The number of hydrogen-bond donors (Lipinski definition) is 1. The SMILES string of the molecule is Cc1ccc(C)c(S(=O)(=O)N2CCN(C(=O)CCC(=O)Nc3ccn(-c4ccccc4)n3)CC2)c1. The van der Waals surface area contributed by atoms with Gasteiger partial charge < -0.3 is 10.2 Å². The number of nitrogens with one attached hydrogen (secondary N) is 1. The molecule has 2 amide bonds. The van der Waals surface area contributed by atoms with Crippen LogP contribution in [-0.4, -0.2) is 65.4 Å². The molecule has 0 saturated carbocycles. The fourth-order valence-electron chi connectivity index (χ4n) is 4.00. The molecule has 0 radical (unpaired) electrons. The molecule has 4 rings (SSSR count). The van der Waals surface area contributed by atoms with Crippen molar-refractivity contribution >= 4 is 27.7 Å². The van der Waals surface area contributed by atoms with E-state index in [2.05, 4.69) is 10.4 Å². The first-order valence-corrected chi connectivity index (χ1v) is 12.9. The molecule has 10 heteroatoms. The number of carbonyl (C=O) groups excluding carboxylic acids is 2. The number of carbonyl (C=O) groups is 2. The molecule has 1 aromatic heterocycles. The Morgan fingerprint density at radius 1 is 0.943 bits per heavy atom. The van der Waals surface area contributed by atoms with Crippen molar-refractivity contribution in [3.8, 4) is 5.69 Å². The van der Waals surface area contributed by atoms with E-state index in [0.29, 0.717) is 29.4 Å². The predicted molar refractivity (Wildman–Crippen MR) is 133 cm³/mol. The van der Waals surface area contributed by atoms with E-state index in [1.807, 2.05) is 43.3 Å². The Balaban J connectivity index is 1.26. The minimum absolute atomic E-state index is 0.0258. The van der Waals surface area contributed by atoms with Gasteiger partial charge in [-0.3, -0.25) is 9.59 Å². The van der Waals surface area contributed by atoms with Gasteiger partial charge in [-0.1, -0.05) is 30.3 Å². The first-order valence-electron chi connectivity index (χ1n) is 11.5. The zero-order valence-electron chi connectivity index (χ0n) is 19.8. The maximum absolute atomic E-state index is 13.1. The van der Waals surface area contributed by atoms with Crippen molar-refractivity contribution in [2.24, 2.45) is 0 Å². The van der Waals surface area contributed by atoms with Crippen LogP contribution < -0.4 is 5.32 Å². The normalized spacial score (nSPS) is 14.6. The Morgan fingerprint density at radius 2 is 1.66 bits per heavy atom. The fraction of sp³-hybridized carbons (Fsp3) is 0.320. The van der Waals surface area contributed by atoms with Crippen molar-refractivity contribution in [1.82, 2.24) is 19.0 Å². The Bertz CT molecular complexity index is 1310. The highest BCUT2D eigenvalue weighted by atomic mass is 32.2. The number of benzene rings is 2. The molecular weight excluding hydrogens is 466 g/mol. The third-order valence-electron chi connectivity index (χ3n) is 6.00. The first kappa shape index (κ1) is 24.6. The maximum atomic E-state index is 13.1. The van der Waals surface area contributed by atoms with Gasteiger partial charge in [-0.25, -0.2) is 13.1 Å². The number of sulfonamides is 1. The summed E-state index contributed by atoms with van der Waals surface area (Å²) >= 11 is 0. The van der Waals surface area contributed by atoms with Crippen LogP contribution in [0.2, 0.25) is 0 Å². The predicted octanol–water partition coefficient (Wildman–Crippen LogP) is 2.74. The maximum Gasteiger partial charge on any atom is 0.243 e. The smallest absolute Gasteiger partial charge is 0.243 e. The van der Waals surface area contributed by atoms with E-state index in [1.54, 1.807) is 40.9 Å². The van der Waals surface area contributed by atoms with Crippen LogP contribution in [0.4, 0.5) is 5.82 Å². The minimum atomic E-state index is -3.62. The van der Waals surface area contributed by atoms with Crippen LogP contribution in [0.1, 0.15) is 24.0 Å². The lowest BCUT2D eigenvalue weighted by Gasteiger charge is -2.34. The molecule has 1 saturated heterocycles. The molecule has 184 valence electrons. The van der Waals surface area contributed by atoms with Gasteiger partial charge in [-0.2, -0.15) is 9.40 Å². The molecule has 0 bridgehead atoms. The van der Waals surface area contributed by atoms with Gasteiger partial charge in [0, 0.05) is 51.3 Å². The quantitative estimate of drug-likeness (QED) is 0.543. The lowest BCUT2D eigenvalue weighted by molar-refractivity contribution is -0.133. The van der Waals surface area contributed by atoms with E-state index in [0.717, 1.165) is 11.3 Å². The molecule has 1 fully saturated rings. The molecule has 9 nitrogen and oxygen atoms in total. The lowest BCUT2D eigenvalue weighted by Crippen LogP contribution is -2.50. The third-order valence-corrected chi connectivity index (χ3v) is 8.04. The van der Waals surface area contributed by atoms with Gasteiger partial charge in [-0.05, 0) is 43.2 Å². The Morgan fingerprint density at radius 3 is 2.37 bits per heavy atom. The van der Waals surface area contributed by atoms with Gasteiger partial charge in [0.2, 0.25) is 21.8 Å². The standard InChI is InChI=1S/C25H29N5O4S/c1-19-8-9-20(2)22(18-19)35(33,34)29-16-14-28(15-17-29)25(32)11-10-24(31)26-23-12-13-30(27-23)21-6-4-3-5-7-21/h3-9,12-13,18H,10-11,14-17H2,1-2H3,(H,26,27,31). The van der Waals surface area contributed by atoms with Gasteiger partial charge in [0.1, 0.15) is 0 Å². The number of anilines is 1. The molecule has 2 heterocycles. The third kappa shape index (κ3) is 5.77. The summed E-state index contributed by atoms with van der Waals surface area (Å²) in [5.74, 6) is -0.0527. The number of nitrogens with zero attached hydrogens (tertiary/aromatic N) is 4. The zero-order chi connectivity index (χ0) is 25.0. The van der Waals surface area contributed by atoms with Crippen molar-refractivity contribution in [2.45, 2.75) is 31.6 Å². The second-order valence-corrected chi connectivity index (χ2v) is 10.5. The average molecular weight is 496 g/mol. The van der Waals surface area contributed by atoms with Crippen LogP contribution in [0.5, 0.6) is 0 Å². The zero-order valence-corrected chi connectivity index (χ0v) is 20.7. The highest BCUT2D eigenvalue weighted by molar-refractivity contribution is 7.89. The second-order valence-electron chi connectivity index (χ2n) is 8.58. The Labute approximate surface area is 205 Å². The summed E-state index contributed by atoms with van der Waals surface area (Å²) in [5.41, 5.74) is 2.46. The molecule has 1 aliphatic rings. The molecule has 0 aliphatic carbocycles. The van der Waals surface area contributed by atoms with Gasteiger partial charge in [-0.15, -0.1) is 0 Å². The van der Waals surface area contributed by atoms with Crippen molar-refractivity contribution in [2.75, 3.05) is 31.5 Å². The Hall–Kier alpha value is -3.50. The number of hydrogen-bond acceptors (Lipinski definition) is 5. The van der Waals surface area contributed by atoms with Crippen molar-refractivity contribution in [3.63, 3.8) is 0 Å². The van der Waals surface area contributed by atoms with Gasteiger partial charge in [0.15, 0.2) is 5.82 Å². The summed E-state index contributed by atoms with van der Waals surface area (Å²) in [6, 6.07) is 16.6. The number of para-hydroxylation sites is 1. The van der Waals surface area contributed by atoms with E-state index >= 15 is 0 Å². The minimum Gasteiger partial charge on any atom is -0.340 e. The lowest BCUT2D eigenvalue weighted by atomic mass is 10.2.